The van der Waals surface area contributed by atoms with E-state index in [-0.39, 0.29) is 16.9 Å². The third-order valence-corrected chi connectivity index (χ3v) is 8.85. The van der Waals surface area contributed by atoms with Gasteiger partial charge in [-0.2, -0.15) is 0 Å². The molecule has 1 spiro atoms. The average Bonchev–Trinajstić information content (AvgIpc) is 3.66. The Morgan fingerprint density at radius 3 is 2.62 bits per heavy atom. The molecule has 0 radical (unpaired) electrons. The highest BCUT2D eigenvalue weighted by Crippen LogP contribution is 2.56. The van der Waals surface area contributed by atoms with Crippen molar-refractivity contribution in [2.24, 2.45) is 5.41 Å². The van der Waals surface area contributed by atoms with Gasteiger partial charge in [0.15, 0.2) is 0 Å². The number of halogens is 2. The molecular formula is C31H27ClFN3O3. The molecule has 7 rings (SSSR count). The molecule has 1 saturated heterocycles. The number of piperidine rings is 1. The molecule has 0 unspecified atom stereocenters. The lowest BCUT2D eigenvalue weighted by atomic mass is 9.63. The Morgan fingerprint density at radius 1 is 1.15 bits per heavy atom. The fourth-order valence-electron chi connectivity index (χ4n) is 6.20. The van der Waals surface area contributed by atoms with Crippen molar-refractivity contribution in [3.63, 3.8) is 0 Å². The minimum Gasteiger partial charge on any atom is -0.477 e. The molecule has 3 aliphatic rings. The van der Waals surface area contributed by atoms with Gasteiger partial charge in [-0.25, -0.2) is 14.2 Å². The van der Waals surface area contributed by atoms with Crippen LogP contribution in [0.3, 0.4) is 0 Å². The highest BCUT2D eigenvalue weighted by atomic mass is 35.5. The zero-order valence-corrected chi connectivity index (χ0v) is 22.3. The van der Waals surface area contributed by atoms with Crippen LogP contribution in [0.4, 0.5) is 10.1 Å². The van der Waals surface area contributed by atoms with Crippen LogP contribution in [0.25, 0.3) is 27.7 Å². The maximum atomic E-state index is 13.7. The predicted octanol–water partition coefficient (Wildman–Crippen LogP) is 7.64. The minimum atomic E-state index is -1.01. The van der Waals surface area contributed by atoms with Crippen LogP contribution in [-0.4, -0.2) is 34.3 Å². The standard InChI is InChI=1S/C31H27ClFN3O3/c1-17-12-26(30(37)38)34-25-7-5-21(14-23(17)25)36-10-8-31(9-11-36)15-19(16-31)27-28(35-39-29(27)18-2-3-18)22-6-4-20(33)13-24(22)32/h4-7,12-15,18H,2-3,8-11,16H2,1H3,(H,37,38). The zero-order valence-electron chi connectivity index (χ0n) is 21.5. The number of aryl methyl sites for hydroxylation is 1. The van der Waals surface area contributed by atoms with Gasteiger partial charge >= 0.3 is 5.97 Å². The summed E-state index contributed by atoms with van der Waals surface area (Å²) in [5.74, 6) is -0.0402. The van der Waals surface area contributed by atoms with E-state index in [1.54, 1.807) is 12.1 Å². The third kappa shape index (κ3) is 4.20. The highest BCUT2D eigenvalue weighted by Gasteiger charge is 2.44. The van der Waals surface area contributed by atoms with E-state index in [4.69, 9.17) is 16.1 Å². The second-order valence-electron chi connectivity index (χ2n) is 11.2. The summed E-state index contributed by atoms with van der Waals surface area (Å²) in [6.07, 6.45) is 7.66. The van der Waals surface area contributed by atoms with Crippen molar-refractivity contribution in [1.29, 1.82) is 0 Å². The quantitative estimate of drug-likeness (QED) is 0.278. The molecule has 8 heteroatoms. The van der Waals surface area contributed by atoms with Crippen molar-refractivity contribution in [1.82, 2.24) is 10.1 Å². The van der Waals surface area contributed by atoms with E-state index in [1.165, 1.54) is 17.7 Å². The Balaban J connectivity index is 1.13. The molecule has 2 fully saturated rings. The maximum Gasteiger partial charge on any atom is 0.354 e. The summed E-state index contributed by atoms with van der Waals surface area (Å²) in [6, 6.07) is 12.1. The lowest BCUT2D eigenvalue weighted by Gasteiger charge is -2.47. The van der Waals surface area contributed by atoms with E-state index in [2.05, 4.69) is 27.2 Å². The summed E-state index contributed by atoms with van der Waals surface area (Å²) in [7, 11) is 0. The summed E-state index contributed by atoms with van der Waals surface area (Å²) in [5, 5.41) is 15.1. The van der Waals surface area contributed by atoms with E-state index < -0.39 is 5.97 Å². The van der Waals surface area contributed by atoms with Gasteiger partial charge < -0.3 is 14.5 Å². The molecule has 198 valence electrons. The number of allylic oxidation sites excluding steroid dienone is 2. The number of nitrogens with zero attached hydrogens (tertiary/aromatic N) is 3. The molecule has 0 atom stereocenters. The summed E-state index contributed by atoms with van der Waals surface area (Å²) in [5.41, 5.74) is 6.70. The fraction of sp³-hybridized carbons (Fsp3) is 0.323. The highest BCUT2D eigenvalue weighted by molar-refractivity contribution is 6.33. The summed E-state index contributed by atoms with van der Waals surface area (Å²) in [4.78, 5) is 18.1. The van der Waals surface area contributed by atoms with Gasteiger partial charge in [0.2, 0.25) is 0 Å². The molecule has 1 saturated carbocycles. The van der Waals surface area contributed by atoms with Gasteiger partial charge in [-0.15, -0.1) is 0 Å². The number of carboxylic acids is 1. The van der Waals surface area contributed by atoms with Crippen molar-refractivity contribution in [3.05, 3.63) is 82.0 Å². The lowest BCUT2D eigenvalue weighted by molar-refractivity contribution is 0.0691. The smallest absolute Gasteiger partial charge is 0.354 e. The summed E-state index contributed by atoms with van der Waals surface area (Å²) in [6.45, 7) is 3.80. The van der Waals surface area contributed by atoms with Gasteiger partial charge in [-0.3, -0.25) is 0 Å². The Labute approximate surface area is 230 Å². The molecule has 6 nitrogen and oxygen atoms in total. The molecule has 1 aliphatic heterocycles. The van der Waals surface area contributed by atoms with Crippen molar-refractivity contribution < 1.29 is 18.8 Å². The molecule has 4 aromatic rings. The molecule has 39 heavy (non-hydrogen) atoms. The molecule has 3 heterocycles. The van der Waals surface area contributed by atoms with E-state index in [1.807, 2.05) is 19.1 Å². The second kappa shape index (κ2) is 8.91. The average molecular weight is 544 g/mol. The number of aromatic carboxylic acids is 1. The number of hydrogen-bond acceptors (Lipinski definition) is 5. The number of benzene rings is 2. The van der Waals surface area contributed by atoms with Gasteiger partial charge in [0, 0.05) is 41.2 Å². The third-order valence-electron chi connectivity index (χ3n) is 8.54. The Kier molecular flexibility index (Phi) is 5.56. The number of pyridine rings is 1. The van der Waals surface area contributed by atoms with Gasteiger partial charge in [0.1, 0.15) is 23.0 Å². The molecule has 2 aliphatic carbocycles. The van der Waals surface area contributed by atoms with Crippen LogP contribution in [0.5, 0.6) is 0 Å². The molecule has 0 bridgehead atoms. The van der Waals surface area contributed by atoms with Crippen LogP contribution in [0.15, 0.2) is 53.1 Å². The van der Waals surface area contributed by atoms with Crippen molar-refractivity contribution in [2.45, 2.75) is 44.9 Å². The topological polar surface area (TPSA) is 79.5 Å². The monoisotopic (exact) mass is 543 g/mol. The number of fused-ring (bicyclic) bond motifs is 1. The van der Waals surface area contributed by atoms with Crippen LogP contribution in [0.1, 0.15) is 65.4 Å². The predicted molar refractivity (Wildman–Crippen MR) is 149 cm³/mol. The van der Waals surface area contributed by atoms with Gasteiger partial charge in [-0.05, 0) is 98.0 Å². The number of carbonyl (C=O) groups is 1. The van der Waals surface area contributed by atoms with E-state index in [0.29, 0.717) is 27.7 Å². The van der Waals surface area contributed by atoms with Crippen molar-refractivity contribution in [3.8, 4) is 11.3 Å². The Bertz CT molecular complexity index is 1680. The summed E-state index contributed by atoms with van der Waals surface area (Å²) < 4.78 is 19.6. The molecule has 1 N–H and O–H groups in total. The molecule has 2 aromatic carbocycles. The Morgan fingerprint density at radius 2 is 1.92 bits per heavy atom. The number of hydrogen-bond donors (Lipinski definition) is 1. The van der Waals surface area contributed by atoms with Crippen molar-refractivity contribution in [2.75, 3.05) is 18.0 Å². The largest absolute Gasteiger partial charge is 0.477 e. The summed E-state index contributed by atoms with van der Waals surface area (Å²) >= 11 is 6.41. The molecular weight excluding hydrogens is 517 g/mol. The SMILES string of the molecule is Cc1cc(C(=O)O)nc2ccc(N3CCC4(C=C(c5c(-c6ccc(F)cc6Cl)noc5C5CC5)C4)CC3)cc12. The first-order valence-electron chi connectivity index (χ1n) is 13.4. The van der Waals surface area contributed by atoms with Crippen LogP contribution in [0.2, 0.25) is 5.02 Å². The first-order valence-corrected chi connectivity index (χ1v) is 13.7. The van der Waals surface area contributed by atoms with Gasteiger partial charge in [0.25, 0.3) is 0 Å². The lowest BCUT2D eigenvalue weighted by Crippen LogP contribution is -2.42. The molecule has 0 amide bonds. The van der Waals surface area contributed by atoms with Crippen LogP contribution in [-0.2, 0) is 0 Å². The first kappa shape index (κ1) is 24.3. The van der Waals surface area contributed by atoms with Crippen LogP contribution >= 0.6 is 11.6 Å². The first-order chi connectivity index (χ1) is 18.8. The van der Waals surface area contributed by atoms with Crippen molar-refractivity contribution >= 4 is 39.7 Å². The van der Waals surface area contributed by atoms with Crippen LogP contribution in [0, 0.1) is 18.2 Å². The molecule has 2 aromatic heterocycles. The fourth-order valence-corrected chi connectivity index (χ4v) is 6.46. The van der Waals surface area contributed by atoms with E-state index in [9.17, 15) is 14.3 Å². The number of rotatable bonds is 5. The van der Waals surface area contributed by atoms with E-state index >= 15 is 0 Å². The maximum absolute atomic E-state index is 13.7. The second-order valence-corrected chi connectivity index (χ2v) is 11.6. The minimum absolute atomic E-state index is 0.0720. The number of aromatic nitrogens is 2. The van der Waals surface area contributed by atoms with Gasteiger partial charge in [-0.1, -0.05) is 22.8 Å². The number of carboxylic acid groups (broad SMARTS) is 1. The normalized spacial score (nSPS) is 18.3. The van der Waals surface area contributed by atoms with Gasteiger partial charge in [0.05, 0.1) is 10.5 Å². The van der Waals surface area contributed by atoms with Crippen LogP contribution < -0.4 is 4.90 Å². The number of anilines is 1. The Hall–Kier alpha value is -3.71. The van der Waals surface area contributed by atoms with E-state index in [0.717, 1.165) is 73.2 Å². The zero-order chi connectivity index (χ0) is 26.9.